The second-order valence-corrected chi connectivity index (χ2v) is 5.13. The van der Waals surface area contributed by atoms with Gasteiger partial charge in [0.1, 0.15) is 5.82 Å². The van der Waals surface area contributed by atoms with Crippen molar-refractivity contribution in [3.05, 3.63) is 47.3 Å². The van der Waals surface area contributed by atoms with Crippen molar-refractivity contribution in [3.63, 3.8) is 0 Å². The fraction of sp³-hybridized carbons (Fsp3) is 0.167. The van der Waals surface area contributed by atoms with Crippen molar-refractivity contribution < 1.29 is 28.5 Å². The molecule has 0 heterocycles. The summed E-state index contributed by atoms with van der Waals surface area (Å²) >= 11 is 0. The average Bonchev–Trinajstić information content (AvgIpc) is 2.87. The number of benzene rings is 2. The van der Waals surface area contributed by atoms with Crippen LogP contribution in [0, 0.1) is 5.82 Å². The predicted octanol–water partition coefficient (Wildman–Crippen LogP) is 3.35. The van der Waals surface area contributed by atoms with Crippen molar-refractivity contribution in [3.8, 4) is 28.4 Å². The largest absolute Gasteiger partial charge is 0.493 e. The molecule has 0 radical (unpaired) electrons. The molecule has 1 aliphatic rings. The first-order valence-corrected chi connectivity index (χ1v) is 7.10. The SMILES string of the molecule is COc1cc2c(c(OC)c1OC)-c1c(F)cccc1/C2=C\C(=O)O. The van der Waals surface area contributed by atoms with Gasteiger partial charge in [0.05, 0.1) is 21.3 Å². The minimum absolute atomic E-state index is 0.290. The van der Waals surface area contributed by atoms with Crippen molar-refractivity contribution in [1.29, 1.82) is 0 Å². The molecule has 124 valence electrons. The fourth-order valence-corrected chi connectivity index (χ4v) is 3.04. The van der Waals surface area contributed by atoms with Crippen LogP contribution >= 0.6 is 0 Å². The van der Waals surface area contributed by atoms with Crippen LogP contribution in [0.15, 0.2) is 30.3 Å². The lowest BCUT2D eigenvalue weighted by Gasteiger charge is -2.16. The number of hydrogen-bond acceptors (Lipinski definition) is 4. The van der Waals surface area contributed by atoms with E-state index < -0.39 is 11.8 Å². The maximum atomic E-state index is 14.5. The lowest BCUT2D eigenvalue weighted by Crippen LogP contribution is -1.98. The molecule has 0 aliphatic heterocycles. The van der Waals surface area contributed by atoms with Gasteiger partial charge in [0.15, 0.2) is 11.5 Å². The van der Waals surface area contributed by atoms with Crippen LogP contribution in [-0.2, 0) is 4.79 Å². The molecule has 0 saturated heterocycles. The van der Waals surface area contributed by atoms with Crippen molar-refractivity contribution in [2.75, 3.05) is 21.3 Å². The van der Waals surface area contributed by atoms with Crippen LogP contribution in [0.1, 0.15) is 11.1 Å². The molecule has 24 heavy (non-hydrogen) atoms. The summed E-state index contributed by atoms with van der Waals surface area (Å²) in [5.74, 6) is -0.594. The summed E-state index contributed by atoms with van der Waals surface area (Å²) < 4.78 is 30.6. The second-order valence-electron chi connectivity index (χ2n) is 5.13. The van der Waals surface area contributed by atoms with E-state index in [4.69, 9.17) is 14.2 Å². The smallest absolute Gasteiger partial charge is 0.328 e. The molecule has 0 unspecified atom stereocenters. The number of methoxy groups -OCH3 is 3. The van der Waals surface area contributed by atoms with E-state index in [0.717, 1.165) is 6.08 Å². The standard InChI is InChI=1S/C18H15FO5/c1-22-13-7-11-10(8-14(20)21)9-5-4-6-12(19)15(9)16(11)18(24-3)17(13)23-2/h4-8H,1-3H3,(H,20,21)/b10-8+. The molecule has 0 aromatic heterocycles. The van der Waals surface area contributed by atoms with Gasteiger partial charge in [-0.3, -0.25) is 0 Å². The minimum atomic E-state index is -1.12. The van der Waals surface area contributed by atoms with E-state index in [-0.39, 0.29) is 5.56 Å². The zero-order chi connectivity index (χ0) is 17.4. The van der Waals surface area contributed by atoms with Crippen LogP contribution < -0.4 is 14.2 Å². The summed E-state index contributed by atoms with van der Waals surface area (Å²) in [6.07, 6.45) is 1.05. The molecule has 0 bridgehead atoms. The first-order valence-electron chi connectivity index (χ1n) is 7.10. The zero-order valence-electron chi connectivity index (χ0n) is 13.3. The van der Waals surface area contributed by atoms with E-state index in [9.17, 15) is 14.3 Å². The summed E-state index contributed by atoms with van der Waals surface area (Å²) in [4.78, 5) is 11.2. The Balaban J connectivity index is 2.48. The highest BCUT2D eigenvalue weighted by molar-refractivity contribution is 6.09. The molecular formula is C18H15FO5. The number of ether oxygens (including phenoxy) is 3. The summed E-state index contributed by atoms with van der Waals surface area (Å²) in [6, 6.07) is 6.16. The topological polar surface area (TPSA) is 65.0 Å². The highest BCUT2D eigenvalue weighted by Gasteiger charge is 2.33. The van der Waals surface area contributed by atoms with Gasteiger partial charge in [-0.05, 0) is 28.8 Å². The number of hydrogen-bond donors (Lipinski definition) is 1. The third-order valence-electron chi connectivity index (χ3n) is 3.94. The number of halogens is 1. The Kier molecular flexibility index (Phi) is 3.89. The molecule has 2 aromatic carbocycles. The summed E-state index contributed by atoms with van der Waals surface area (Å²) in [5.41, 5.74) is 2.15. The minimum Gasteiger partial charge on any atom is -0.493 e. The van der Waals surface area contributed by atoms with E-state index in [2.05, 4.69) is 0 Å². The summed E-state index contributed by atoms with van der Waals surface area (Å²) in [6.45, 7) is 0. The van der Waals surface area contributed by atoms with Crippen molar-refractivity contribution in [2.45, 2.75) is 0 Å². The Morgan fingerprint density at radius 1 is 1.04 bits per heavy atom. The van der Waals surface area contributed by atoms with Crippen LogP contribution in [-0.4, -0.2) is 32.4 Å². The summed E-state index contributed by atoms with van der Waals surface area (Å²) in [5, 5.41) is 9.19. The molecule has 0 amide bonds. The van der Waals surface area contributed by atoms with E-state index in [1.807, 2.05) is 0 Å². The molecule has 0 fully saturated rings. The molecule has 1 N–H and O–H groups in total. The first-order chi connectivity index (χ1) is 11.5. The fourth-order valence-electron chi connectivity index (χ4n) is 3.04. The van der Waals surface area contributed by atoms with Gasteiger partial charge < -0.3 is 19.3 Å². The van der Waals surface area contributed by atoms with Crippen LogP contribution in [0.2, 0.25) is 0 Å². The number of rotatable bonds is 4. The van der Waals surface area contributed by atoms with E-state index in [1.54, 1.807) is 12.1 Å². The van der Waals surface area contributed by atoms with Crippen LogP contribution in [0.3, 0.4) is 0 Å². The lowest BCUT2D eigenvalue weighted by atomic mass is 10.0. The van der Waals surface area contributed by atoms with Crippen LogP contribution in [0.25, 0.3) is 16.7 Å². The average molecular weight is 330 g/mol. The Morgan fingerprint density at radius 2 is 1.75 bits per heavy atom. The predicted molar refractivity (Wildman–Crippen MR) is 86.2 cm³/mol. The van der Waals surface area contributed by atoms with Crippen LogP contribution in [0.5, 0.6) is 17.2 Å². The van der Waals surface area contributed by atoms with E-state index in [1.165, 1.54) is 33.5 Å². The molecule has 6 heteroatoms. The molecule has 3 rings (SSSR count). The molecular weight excluding hydrogens is 315 g/mol. The quantitative estimate of drug-likeness (QED) is 0.743. The van der Waals surface area contributed by atoms with Gasteiger partial charge in [-0.1, -0.05) is 12.1 Å². The van der Waals surface area contributed by atoms with Crippen molar-refractivity contribution in [1.82, 2.24) is 0 Å². The molecule has 5 nitrogen and oxygen atoms in total. The first kappa shape index (κ1) is 15.9. The molecule has 0 saturated carbocycles. The molecule has 1 aliphatic carbocycles. The van der Waals surface area contributed by atoms with Gasteiger partial charge >= 0.3 is 5.97 Å². The lowest BCUT2D eigenvalue weighted by molar-refractivity contribution is -0.131. The van der Waals surface area contributed by atoms with Gasteiger partial charge in [0, 0.05) is 17.2 Å². The Bertz CT molecular complexity index is 870. The number of aliphatic carboxylic acids is 1. The third kappa shape index (κ3) is 2.19. The monoisotopic (exact) mass is 330 g/mol. The molecule has 2 aromatic rings. The Morgan fingerprint density at radius 3 is 2.33 bits per heavy atom. The van der Waals surface area contributed by atoms with E-state index in [0.29, 0.717) is 39.5 Å². The van der Waals surface area contributed by atoms with Gasteiger partial charge in [0.25, 0.3) is 0 Å². The number of carbonyl (C=O) groups is 1. The van der Waals surface area contributed by atoms with Gasteiger partial charge in [-0.2, -0.15) is 0 Å². The highest BCUT2D eigenvalue weighted by Crippen LogP contribution is 2.55. The Hall–Kier alpha value is -3.02. The van der Waals surface area contributed by atoms with Crippen molar-refractivity contribution in [2.24, 2.45) is 0 Å². The number of carboxylic acids is 1. The molecule has 0 atom stereocenters. The number of fused-ring (bicyclic) bond motifs is 3. The molecule has 0 spiro atoms. The maximum Gasteiger partial charge on any atom is 0.328 e. The highest BCUT2D eigenvalue weighted by atomic mass is 19.1. The third-order valence-corrected chi connectivity index (χ3v) is 3.94. The maximum absolute atomic E-state index is 14.5. The van der Waals surface area contributed by atoms with Gasteiger partial charge in [-0.25, -0.2) is 9.18 Å². The number of carboxylic acid groups (broad SMARTS) is 1. The second kappa shape index (κ2) is 5.88. The van der Waals surface area contributed by atoms with E-state index >= 15 is 0 Å². The zero-order valence-corrected chi connectivity index (χ0v) is 13.3. The van der Waals surface area contributed by atoms with Gasteiger partial charge in [0.2, 0.25) is 5.75 Å². The van der Waals surface area contributed by atoms with Crippen molar-refractivity contribution >= 4 is 11.5 Å². The Labute approximate surface area is 137 Å². The van der Waals surface area contributed by atoms with Crippen LogP contribution in [0.4, 0.5) is 4.39 Å². The summed E-state index contributed by atoms with van der Waals surface area (Å²) in [7, 11) is 4.36. The van der Waals surface area contributed by atoms with Gasteiger partial charge in [-0.15, -0.1) is 0 Å². The normalized spacial score (nSPS) is 13.4.